The van der Waals surface area contributed by atoms with Crippen molar-refractivity contribution in [3.63, 3.8) is 0 Å². The number of aromatic amines is 1. The van der Waals surface area contributed by atoms with Gasteiger partial charge in [0.2, 0.25) is 0 Å². The zero-order valence-corrected chi connectivity index (χ0v) is 20.0. The highest BCUT2D eigenvalue weighted by molar-refractivity contribution is 7.94. The van der Waals surface area contributed by atoms with E-state index in [1.165, 1.54) is 16.8 Å². The van der Waals surface area contributed by atoms with Gasteiger partial charge in [-0.15, -0.1) is 5.69 Å². The minimum atomic E-state index is -3.84. The van der Waals surface area contributed by atoms with E-state index in [9.17, 15) is 13.2 Å². The number of nitrogens with one attached hydrogen (secondary N) is 2. The zero-order chi connectivity index (χ0) is 24.5. The van der Waals surface area contributed by atoms with E-state index in [0.29, 0.717) is 21.9 Å². The molecule has 174 valence electrons. The van der Waals surface area contributed by atoms with E-state index in [1.807, 2.05) is 51.1 Å². The maximum absolute atomic E-state index is 12.9. The van der Waals surface area contributed by atoms with Crippen LogP contribution in [0.15, 0.2) is 76.4 Å². The molecular formula is C26H25N4O3S-. The second-order valence-corrected chi connectivity index (χ2v) is 9.73. The predicted octanol–water partition coefficient (Wildman–Crippen LogP) is 3.75. The highest BCUT2D eigenvalue weighted by Crippen LogP contribution is 2.28. The first-order chi connectivity index (χ1) is 16.1. The fourth-order valence-electron chi connectivity index (χ4n) is 3.37. The molecule has 0 aliphatic carbocycles. The molecule has 0 atom stereocenters. The van der Waals surface area contributed by atoms with E-state index in [-0.39, 0.29) is 10.5 Å². The summed E-state index contributed by atoms with van der Waals surface area (Å²) in [6.45, 7) is 9.86. The van der Waals surface area contributed by atoms with Gasteiger partial charge in [0.25, 0.3) is 5.56 Å². The Morgan fingerprint density at radius 3 is 2.26 bits per heavy atom. The van der Waals surface area contributed by atoms with Gasteiger partial charge in [0.05, 0.1) is 21.2 Å². The van der Waals surface area contributed by atoms with Crippen LogP contribution in [0.25, 0.3) is 23.2 Å². The Balaban J connectivity index is 1.55. The molecule has 0 fully saturated rings. The molecule has 8 heteroatoms. The van der Waals surface area contributed by atoms with E-state index in [1.54, 1.807) is 30.5 Å². The summed E-state index contributed by atoms with van der Waals surface area (Å²) in [5, 5.41) is 6.88. The van der Waals surface area contributed by atoms with Gasteiger partial charge in [-0.2, -0.15) is 0 Å². The van der Waals surface area contributed by atoms with Gasteiger partial charge in [-0.25, -0.2) is 13.1 Å². The fourth-order valence-corrected chi connectivity index (χ4v) is 4.35. The van der Waals surface area contributed by atoms with Crippen LogP contribution < -0.4 is 21.4 Å². The quantitative estimate of drug-likeness (QED) is 0.446. The van der Waals surface area contributed by atoms with Crippen molar-refractivity contribution >= 4 is 34.2 Å². The summed E-state index contributed by atoms with van der Waals surface area (Å²) in [6.07, 6.45) is 1.55. The smallest absolute Gasteiger partial charge is 0.280 e. The van der Waals surface area contributed by atoms with Crippen molar-refractivity contribution in [2.24, 2.45) is 0 Å². The molecule has 3 aromatic carbocycles. The largest absolute Gasteiger partial charge is 0.573 e. The lowest BCUT2D eigenvalue weighted by molar-refractivity contribution is 0.603. The van der Waals surface area contributed by atoms with Gasteiger partial charge in [-0.3, -0.25) is 9.89 Å². The summed E-state index contributed by atoms with van der Waals surface area (Å²) in [5.41, 5.74) is 4.72. The summed E-state index contributed by atoms with van der Waals surface area (Å²) in [4.78, 5) is 13.0. The molecule has 0 aliphatic heterocycles. The monoisotopic (exact) mass is 473 g/mol. The molecule has 0 aliphatic rings. The van der Waals surface area contributed by atoms with Gasteiger partial charge in [0.15, 0.2) is 0 Å². The molecule has 0 bridgehead atoms. The minimum absolute atomic E-state index is 0.0789. The topological polar surface area (TPSA) is 98.1 Å². The Morgan fingerprint density at radius 1 is 0.941 bits per heavy atom. The molecule has 34 heavy (non-hydrogen) atoms. The molecule has 0 radical (unpaired) electrons. The summed E-state index contributed by atoms with van der Waals surface area (Å²) in [7, 11) is -3.84. The van der Waals surface area contributed by atoms with Crippen molar-refractivity contribution in [1.82, 2.24) is 9.78 Å². The lowest BCUT2D eigenvalue weighted by Gasteiger charge is -2.22. The van der Waals surface area contributed by atoms with Crippen molar-refractivity contribution in [1.29, 1.82) is 0 Å². The Bertz CT molecular complexity index is 1620. The van der Waals surface area contributed by atoms with Crippen LogP contribution in [0.2, 0.25) is 0 Å². The molecule has 4 aromatic rings. The molecular weight excluding hydrogens is 448 g/mol. The summed E-state index contributed by atoms with van der Waals surface area (Å²) >= 11 is 0. The number of nitrogens with zero attached hydrogens (tertiary/aromatic N) is 2. The third kappa shape index (κ3) is 4.82. The number of H-pyrrole nitrogens is 1. The highest BCUT2D eigenvalue weighted by Gasteiger charge is 2.07. The molecule has 0 saturated carbocycles. The zero-order valence-electron chi connectivity index (χ0n) is 19.2. The van der Waals surface area contributed by atoms with Gasteiger partial charge in [0, 0.05) is 11.9 Å². The van der Waals surface area contributed by atoms with Gasteiger partial charge >= 0.3 is 0 Å². The normalized spacial score (nSPS) is 12.0. The van der Waals surface area contributed by atoms with Crippen LogP contribution in [0.1, 0.15) is 16.7 Å². The van der Waals surface area contributed by atoms with Gasteiger partial charge in [-0.05, 0) is 68.3 Å². The van der Waals surface area contributed by atoms with Crippen LogP contribution in [0.5, 0.6) is 0 Å². The van der Waals surface area contributed by atoms with Gasteiger partial charge in [-0.1, -0.05) is 42.5 Å². The molecule has 7 nitrogen and oxygen atoms in total. The Kier molecular flexibility index (Phi) is 6.17. The van der Waals surface area contributed by atoms with Crippen molar-refractivity contribution in [2.45, 2.75) is 25.7 Å². The average Bonchev–Trinajstić information content (AvgIpc) is 3.09. The number of aromatic nitrogens is 2. The molecule has 0 saturated heterocycles. The van der Waals surface area contributed by atoms with Gasteiger partial charge < -0.3 is 10.0 Å². The lowest BCUT2D eigenvalue weighted by atomic mass is 10.1. The van der Waals surface area contributed by atoms with Crippen molar-refractivity contribution in [3.05, 3.63) is 109 Å². The average molecular weight is 474 g/mol. The number of hydrogen-bond donors (Lipinski definition) is 2. The Morgan fingerprint density at radius 2 is 1.62 bits per heavy atom. The number of aryl methyl sites for hydroxylation is 3. The van der Waals surface area contributed by atoms with E-state index in [2.05, 4.69) is 21.7 Å². The molecule has 2 N–H and O–H groups in total. The first-order valence-corrected chi connectivity index (χ1v) is 12.1. The lowest BCUT2D eigenvalue weighted by Crippen LogP contribution is -2.34. The second-order valence-electron chi connectivity index (χ2n) is 8.13. The van der Waals surface area contributed by atoms with Crippen LogP contribution in [-0.2, 0) is 10.0 Å². The van der Waals surface area contributed by atoms with Crippen LogP contribution >= 0.6 is 0 Å². The molecule has 4 rings (SSSR count). The molecule has 0 spiro atoms. The maximum Gasteiger partial charge on any atom is 0.280 e. The van der Waals surface area contributed by atoms with E-state index < -0.39 is 10.0 Å². The highest BCUT2D eigenvalue weighted by atomic mass is 32.2. The standard InChI is InChI=1S/C26H25N4O3S/c1-17-5-8-22(9-6-17)29-34(32,33)24-13-10-21(11-14-24)27-16-25-20(4)28-30(26(25)31)23-12-7-18(2)19(3)15-23/h5-16,28H,4H2,1-3H3,(H,27,31)/q-1. The van der Waals surface area contributed by atoms with Gasteiger partial charge in [0.1, 0.15) is 10.0 Å². The first kappa shape index (κ1) is 23.1. The third-order valence-electron chi connectivity index (χ3n) is 5.55. The van der Waals surface area contributed by atoms with E-state index >= 15 is 0 Å². The van der Waals surface area contributed by atoms with Crippen LogP contribution in [0.4, 0.5) is 11.4 Å². The number of benzene rings is 3. The summed E-state index contributed by atoms with van der Waals surface area (Å²) in [5.74, 6) is 0. The first-order valence-electron chi connectivity index (χ1n) is 10.6. The molecule has 0 amide bonds. The Hall–Kier alpha value is -4.04. The SMILES string of the molecule is C=c1[nH]n(-c2ccc(C)c(C)c2)c(=O)c1=CNc1ccc(S(=O)(=O)[N-]c2ccc(C)cc2)cc1. The fraction of sp³-hybridized carbons (Fsp3) is 0.115. The minimum Gasteiger partial charge on any atom is -0.573 e. The van der Waals surface area contributed by atoms with Crippen molar-refractivity contribution in [3.8, 4) is 5.69 Å². The second kappa shape index (κ2) is 9.07. The van der Waals surface area contributed by atoms with Crippen LogP contribution in [0, 0.1) is 20.8 Å². The van der Waals surface area contributed by atoms with E-state index in [0.717, 1.165) is 22.4 Å². The van der Waals surface area contributed by atoms with Crippen LogP contribution in [0.3, 0.4) is 0 Å². The van der Waals surface area contributed by atoms with Crippen LogP contribution in [-0.4, -0.2) is 18.2 Å². The molecule has 1 aromatic heterocycles. The summed E-state index contributed by atoms with van der Waals surface area (Å²) in [6, 6.07) is 18.9. The van der Waals surface area contributed by atoms with E-state index in [4.69, 9.17) is 0 Å². The van der Waals surface area contributed by atoms with Crippen molar-refractivity contribution < 1.29 is 8.42 Å². The maximum atomic E-state index is 12.9. The van der Waals surface area contributed by atoms with Crippen molar-refractivity contribution in [2.75, 3.05) is 5.32 Å². The molecule has 1 heterocycles. The summed E-state index contributed by atoms with van der Waals surface area (Å²) < 4.78 is 30.5. The number of sulfonamides is 1. The number of rotatable bonds is 6. The molecule has 0 unspecified atom stereocenters. The third-order valence-corrected chi connectivity index (χ3v) is 6.87. The predicted molar refractivity (Wildman–Crippen MR) is 137 cm³/mol. The Labute approximate surface area is 198 Å². The number of anilines is 1. The number of hydrogen-bond acceptors (Lipinski definition) is 4.